The van der Waals surface area contributed by atoms with E-state index in [2.05, 4.69) is 0 Å². The molecule has 2 saturated heterocycles. The number of benzene rings is 2. The third-order valence-corrected chi connectivity index (χ3v) is 8.55. The third kappa shape index (κ3) is 5.39. The van der Waals surface area contributed by atoms with Gasteiger partial charge in [0.1, 0.15) is 11.4 Å². The average Bonchev–Trinajstić information content (AvgIpc) is 3.29. The Labute approximate surface area is 204 Å². The molecule has 2 fully saturated rings. The summed E-state index contributed by atoms with van der Waals surface area (Å²) in [6.45, 7) is 2.71. The quantitative estimate of drug-likeness (QED) is 0.394. The van der Waals surface area contributed by atoms with Gasteiger partial charge in [-0.25, -0.2) is 8.42 Å². The van der Waals surface area contributed by atoms with Gasteiger partial charge in [-0.1, -0.05) is 25.7 Å². The van der Waals surface area contributed by atoms with Gasteiger partial charge in [-0.3, -0.25) is 20.2 Å². The van der Waals surface area contributed by atoms with Crippen LogP contribution in [0.15, 0.2) is 46.2 Å². The van der Waals surface area contributed by atoms with Crippen molar-refractivity contribution in [2.75, 3.05) is 36.0 Å². The molecular formula is C24H30N4O6S. The van der Waals surface area contributed by atoms with E-state index in [9.17, 15) is 28.6 Å². The summed E-state index contributed by atoms with van der Waals surface area (Å²) < 4.78 is 26.8. The SMILES string of the molecule is O=[N+]([O-])c1cc(S(=O)(=O)c2ccc(N3CCCCCC3)c([N+](=O)[O-])c2)ccc1N1CCCCCC1. The van der Waals surface area contributed by atoms with Crippen LogP contribution in [0.2, 0.25) is 0 Å². The van der Waals surface area contributed by atoms with Crippen LogP contribution in [0.1, 0.15) is 51.4 Å². The first kappa shape index (κ1) is 24.9. The predicted molar refractivity (Wildman–Crippen MR) is 133 cm³/mol. The van der Waals surface area contributed by atoms with Gasteiger partial charge in [0.2, 0.25) is 9.84 Å². The summed E-state index contributed by atoms with van der Waals surface area (Å²) in [4.78, 5) is 25.9. The molecule has 0 amide bonds. The van der Waals surface area contributed by atoms with Gasteiger partial charge < -0.3 is 9.80 Å². The van der Waals surface area contributed by atoms with Gasteiger partial charge in [0.15, 0.2) is 0 Å². The standard InChI is InChI=1S/C24H30N4O6S/c29-27(30)23-17-19(9-11-21(23)25-13-5-1-2-6-14-25)35(33,34)20-10-12-22(24(18-20)28(31)32)26-15-7-3-4-8-16-26/h9-12,17-18H,1-8,13-16H2. The number of nitro benzene ring substituents is 2. The van der Waals surface area contributed by atoms with Gasteiger partial charge in [-0.05, 0) is 49.9 Å². The fourth-order valence-electron chi connectivity index (χ4n) is 4.93. The summed E-state index contributed by atoms with van der Waals surface area (Å²) in [5.41, 5.74) is 0.254. The molecule has 4 rings (SSSR count). The maximum atomic E-state index is 13.4. The molecule has 0 radical (unpaired) electrons. The van der Waals surface area contributed by atoms with Crippen molar-refractivity contribution in [1.82, 2.24) is 0 Å². The minimum atomic E-state index is -4.21. The third-order valence-electron chi connectivity index (χ3n) is 6.80. The van der Waals surface area contributed by atoms with E-state index in [-0.39, 0.29) is 21.2 Å². The zero-order valence-electron chi connectivity index (χ0n) is 19.6. The lowest BCUT2D eigenvalue weighted by atomic mass is 10.2. The van der Waals surface area contributed by atoms with Crippen molar-refractivity contribution in [3.8, 4) is 0 Å². The highest BCUT2D eigenvalue weighted by atomic mass is 32.2. The molecule has 0 aliphatic carbocycles. The van der Waals surface area contributed by atoms with Gasteiger partial charge in [0.05, 0.1) is 19.6 Å². The van der Waals surface area contributed by atoms with E-state index in [0.717, 1.165) is 63.5 Å². The monoisotopic (exact) mass is 502 g/mol. The van der Waals surface area contributed by atoms with Crippen molar-refractivity contribution in [2.24, 2.45) is 0 Å². The van der Waals surface area contributed by atoms with Gasteiger partial charge in [-0.15, -0.1) is 0 Å². The van der Waals surface area contributed by atoms with E-state index in [1.807, 2.05) is 9.80 Å². The number of anilines is 2. The van der Waals surface area contributed by atoms with E-state index in [0.29, 0.717) is 37.6 Å². The highest BCUT2D eigenvalue weighted by molar-refractivity contribution is 7.91. The fourth-order valence-corrected chi connectivity index (χ4v) is 6.23. The Morgan fingerprint density at radius 1 is 0.600 bits per heavy atom. The van der Waals surface area contributed by atoms with Gasteiger partial charge in [0.25, 0.3) is 11.4 Å². The lowest BCUT2D eigenvalue weighted by Crippen LogP contribution is -2.25. The van der Waals surface area contributed by atoms with Crippen LogP contribution in [-0.4, -0.2) is 44.4 Å². The number of rotatable bonds is 6. The smallest absolute Gasteiger partial charge is 0.293 e. The topological polar surface area (TPSA) is 127 Å². The van der Waals surface area contributed by atoms with Gasteiger partial charge in [0, 0.05) is 38.3 Å². The number of sulfone groups is 1. The number of nitro groups is 2. The van der Waals surface area contributed by atoms with E-state index < -0.39 is 19.7 Å². The molecule has 35 heavy (non-hydrogen) atoms. The van der Waals surface area contributed by atoms with Crippen LogP contribution in [0.4, 0.5) is 22.7 Å². The molecule has 2 aromatic rings. The number of hydrogen-bond acceptors (Lipinski definition) is 8. The number of hydrogen-bond donors (Lipinski definition) is 0. The van der Waals surface area contributed by atoms with Crippen molar-refractivity contribution in [3.63, 3.8) is 0 Å². The van der Waals surface area contributed by atoms with Crippen LogP contribution in [0.25, 0.3) is 0 Å². The molecule has 0 unspecified atom stereocenters. The Kier molecular flexibility index (Phi) is 7.54. The molecule has 0 atom stereocenters. The Morgan fingerprint density at radius 2 is 0.943 bits per heavy atom. The minimum absolute atomic E-state index is 0.250. The molecule has 2 aliphatic heterocycles. The second-order valence-corrected chi connectivity index (χ2v) is 11.1. The molecule has 0 spiro atoms. The summed E-state index contributed by atoms with van der Waals surface area (Å²) in [6, 6.07) is 7.83. The summed E-state index contributed by atoms with van der Waals surface area (Å²) in [7, 11) is -4.21. The Balaban J connectivity index is 1.72. The molecule has 0 saturated carbocycles. The summed E-state index contributed by atoms with van der Waals surface area (Å²) >= 11 is 0. The summed E-state index contributed by atoms with van der Waals surface area (Å²) in [6.07, 6.45) is 7.92. The van der Waals surface area contributed by atoms with Gasteiger partial charge >= 0.3 is 0 Å². The zero-order valence-corrected chi connectivity index (χ0v) is 20.4. The average molecular weight is 503 g/mol. The lowest BCUT2D eigenvalue weighted by Gasteiger charge is -2.23. The van der Waals surface area contributed by atoms with Crippen LogP contribution in [0.5, 0.6) is 0 Å². The van der Waals surface area contributed by atoms with Crippen molar-refractivity contribution < 1.29 is 18.3 Å². The van der Waals surface area contributed by atoms with E-state index >= 15 is 0 Å². The maximum absolute atomic E-state index is 13.4. The Bertz CT molecular complexity index is 1110. The molecule has 0 bridgehead atoms. The highest BCUT2D eigenvalue weighted by Crippen LogP contribution is 2.37. The second-order valence-electron chi connectivity index (χ2n) is 9.12. The van der Waals surface area contributed by atoms with Crippen LogP contribution in [0.3, 0.4) is 0 Å². The lowest BCUT2D eigenvalue weighted by molar-refractivity contribution is -0.384. The second kappa shape index (κ2) is 10.6. The van der Waals surface area contributed by atoms with Gasteiger partial charge in [-0.2, -0.15) is 0 Å². The van der Waals surface area contributed by atoms with Crippen molar-refractivity contribution in [2.45, 2.75) is 61.2 Å². The molecule has 188 valence electrons. The van der Waals surface area contributed by atoms with E-state index in [1.165, 1.54) is 24.3 Å². The fraction of sp³-hybridized carbons (Fsp3) is 0.500. The van der Waals surface area contributed by atoms with E-state index in [1.54, 1.807) is 0 Å². The zero-order chi connectivity index (χ0) is 25.0. The largest absolute Gasteiger partial charge is 0.366 e. The maximum Gasteiger partial charge on any atom is 0.293 e. The molecule has 11 heteroatoms. The number of nitrogens with zero attached hydrogens (tertiary/aromatic N) is 4. The normalized spacial score (nSPS) is 17.5. The highest BCUT2D eigenvalue weighted by Gasteiger charge is 2.29. The summed E-state index contributed by atoms with van der Waals surface area (Å²) in [5, 5.41) is 23.7. The first-order chi connectivity index (χ1) is 16.8. The van der Waals surface area contributed by atoms with Crippen molar-refractivity contribution in [1.29, 1.82) is 0 Å². The Hall–Kier alpha value is -3.21. The molecular weight excluding hydrogens is 472 g/mol. The predicted octanol–water partition coefficient (Wildman–Crippen LogP) is 5.10. The van der Waals surface area contributed by atoms with E-state index in [4.69, 9.17) is 0 Å². The Morgan fingerprint density at radius 3 is 1.26 bits per heavy atom. The minimum Gasteiger partial charge on any atom is -0.366 e. The van der Waals surface area contributed by atoms with Crippen LogP contribution < -0.4 is 9.80 Å². The summed E-state index contributed by atoms with van der Waals surface area (Å²) in [5.74, 6) is 0. The molecule has 2 heterocycles. The first-order valence-corrected chi connectivity index (χ1v) is 13.6. The van der Waals surface area contributed by atoms with Crippen molar-refractivity contribution in [3.05, 3.63) is 56.6 Å². The molecule has 10 nitrogen and oxygen atoms in total. The first-order valence-electron chi connectivity index (χ1n) is 12.1. The molecule has 0 N–H and O–H groups in total. The van der Waals surface area contributed by atoms with Crippen LogP contribution in [-0.2, 0) is 9.84 Å². The van der Waals surface area contributed by atoms with Crippen LogP contribution in [0, 0.1) is 20.2 Å². The molecule has 0 aromatic heterocycles. The molecule has 2 aromatic carbocycles. The van der Waals surface area contributed by atoms with Crippen LogP contribution >= 0.6 is 0 Å². The molecule has 2 aliphatic rings. The van der Waals surface area contributed by atoms with Crippen molar-refractivity contribution >= 4 is 32.6 Å².